The molecular weight excluding hydrogens is 306 g/mol. The third-order valence-electron chi connectivity index (χ3n) is 3.41. The summed E-state index contributed by atoms with van der Waals surface area (Å²) in [6.07, 6.45) is -0.497. The van der Waals surface area contributed by atoms with Crippen LogP contribution in [0.15, 0.2) is 54.6 Å². The van der Waals surface area contributed by atoms with Crippen LogP contribution in [0.25, 0.3) is 0 Å². The van der Waals surface area contributed by atoms with Crippen molar-refractivity contribution in [3.8, 4) is 0 Å². The Morgan fingerprint density at radius 3 is 2.38 bits per heavy atom. The first kappa shape index (κ1) is 17.5. The lowest BCUT2D eigenvalue weighted by Crippen LogP contribution is -2.33. The second-order valence-electron chi connectivity index (χ2n) is 5.24. The summed E-state index contributed by atoms with van der Waals surface area (Å²) in [6.45, 7) is 2.05. The molecule has 3 N–H and O–H groups in total. The van der Waals surface area contributed by atoms with E-state index in [-0.39, 0.29) is 11.9 Å². The number of para-hydroxylation sites is 1. The number of ether oxygens (including phenoxy) is 1. The number of urea groups is 1. The molecule has 1 atom stereocenters. The van der Waals surface area contributed by atoms with Crippen molar-refractivity contribution >= 4 is 23.3 Å². The Labute approximate surface area is 141 Å². The van der Waals surface area contributed by atoms with Crippen LogP contribution >= 0.6 is 0 Å². The highest BCUT2D eigenvalue weighted by Crippen LogP contribution is 2.12. The SMILES string of the molecule is COC(C)C(=O)NCc1cccc(NC(=O)Nc2ccccc2)c1. The van der Waals surface area contributed by atoms with Gasteiger partial charge in [0.2, 0.25) is 5.91 Å². The van der Waals surface area contributed by atoms with Crippen LogP contribution in [0.3, 0.4) is 0 Å². The second-order valence-corrected chi connectivity index (χ2v) is 5.24. The number of rotatable bonds is 6. The van der Waals surface area contributed by atoms with E-state index in [1.54, 1.807) is 13.0 Å². The fraction of sp³-hybridized carbons (Fsp3) is 0.222. The molecule has 0 bridgehead atoms. The molecule has 6 heteroatoms. The van der Waals surface area contributed by atoms with Gasteiger partial charge in [-0.05, 0) is 36.8 Å². The van der Waals surface area contributed by atoms with Crippen molar-refractivity contribution < 1.29 is 14.3 Å². The second kappa shape index (κ2) is 8.69. The average molecular weight is 327 g/mol. The van der Waals surface area contributed by atoms with Gasteiger partial charge in [0.1, 0.15) is 6.10 Å². The van der Waals surface area contributed by atoms with Gasteiger partial charge in [0.25, 0.3) is 0 Å². The molecule has 0 aliphatic carbocycles. The van der Waals surface area contributed by atoms with Crippen molar-refractivity contribution in [3.05, 3.63) is 60.2 Å². The monoisotopic (exact) mass is 327 g/mol. The maximum atomic E-state index is 12.0. The molecule has 0 aliphatic rings. The summed E-state index contributed by atoms with van der Waals surface area (Å²) in [5, 5.41) is 8.29. The molecule has 6 nitrogen and oxygen atoms in total. The molecule has 1 unspecified atom stereocenters. The van der Waals surface area contributed by atoms with E-state index in [2.05, 4.69) is 16.0 Å². The summed E-state index contributed by atoms with van der Waals surface area (Å²) in [6, 6.07) is 16.2. The molecule has 126 valence electrons. The molecule has 2 aromatic carbocycles. The van der Waals surface area contributed by atoms with Crippen molar-refractivity contribution in [1.29, 1.82) is 0 Å². The molecule has 0 aromatic heterocycles. The number of nitrogens with one attached hydrogen (secondary N) is 3. The highest BCUT2D eigenvalue weighted by molar-refractivity contribution is 5.99. The fourth-order valence-electron chi connectivity index (χ4n) is 2.01. The van der Waals surface area contributed by atoms with Crippen LogP contribution in [0.2, 0.25) is 0 Å². The quantitative estimate of drug-likeness (QED) is 0.763. The van der Waals surface area contributed by atoms with Crippen LogP contribution in [0, 0.1) is 0 Å². The van der Waals surface area contributed by atoms with Gasteiger partial charge >= 0.3 is 6.03 Å². The van der Waals surface area contributed by atoms with Gasteiger partial charge in [0, 0.05) is 25.0 Å². The number of carbonyl (C=O) groups is 2. The van der Waals surface area contributed by atoms with E-state index in [4.69, 9.17) is 4.74 Å². The maximum Gasteiger partial charge on any atom is 0.323 e. The lowest BCUT2D eigenvalue weighted by atomic mass is 10.2. The van der Waals surface area contributed by atoms with Crippen molar-refractivity contribution in [1.82, 2.24) is 5.32 Å². The normalized spacial score (nSPS) is 11.4. The smallest absolute Gasteiger partial charge is 0.323 e. The van der Waals surface area contributed by atoms with E-state index in [1.807, 2.05) is 48.5 Å². The number of benzene rings is 2. The van der Waals surface area contributed by atoms with Crippen LogP contribution in [-0.4, -0.2) is 25.2 Å². The molecule has 0 spiro atoms. The molecular formula is C18H21N3O3. The first-order valence-corrected chi connectivity index (χ1v) is 7.61. The number of carbonyl (C=O) groups excluding carboxylic acids is 2. The standard InChI is InChI=1S/C18H21N3O3/c1-13(24-2)17(22)19-12-14-7-6-10-16(11-14)21-18(23)20-15-8-4-3-5-9-15/h3-11,13H,12H2,1-2H3,(H,19,22)(H2,20,21,23). The van der Waals surface area contributed by atoms with Gasteiger partial charge in [-0.2, -0.15) is 0 Å². The van der Waals surface area contributed by atoms with Gasteiger partial charge in [-0.3, -0.25) is 4.79 Å². The Hall–Kier alpha value is -2.86. The number of amides is 3. The third-order valence-corrected chi connectivity index (χ3v) is 3.41. The van der Waals surface area contributed by atoms with Crippen molar-refractivity contribution in [2.24, 2.45) is 0 Å². The van der Waals surface area contributed by atoms with E-state index < -0.39 is 6.10 Å². The lowest BCUT2D eigenvalue weighted by Gasteiger charge is -2.12. The van der Waals surface area contributed by atoms with E-state index >= 15 is 0 Å². The molecule has 0 saturated heterocycles. The zero-order valence-corrected chi connectivity index (χ0v) is 13.7. The maximum absolute atomic E-state index is 12.0. The molecule has 0 heterocycles. The molecule has 2 rings (SSSR count). The van der Waals surface area contributed by atoms with Crippen LogP contribution in [0.1, 0.15) is 12.5 Å². The van der Waals surface area contributed by atoms with Crippen LogP contribution < -0.4 is 16.0 Å². The minimum Gasteiger partial charge on any atom is -0.372 e. The summed E-state index contributed by atoms with van der Waals surface area (Å²) < 4.78 is 4.96. The van der Waals surface area contributed by atoms with Crippen LogP contribution in [-0.2, 0) is 16.1 Å². The highest BCUT2D eigenvalue weighted by Gasteiger charge is 2.10. The Morgan fingerprint density at radius 2 is 1.67 bits per heavy atom. The Morgan fingerprint density at radius 1 is 1.00 bits per heavy atom. The number of anilines is 2. The predicted molar refractivity (Wildman–Crippen MR) is 93.8 cm³/mol. The molecule has 0 aliphatic heterocycles. The van der Waals surface area contributed by atoms with Crippen molar-refractivity contribution in [2.45, 2.75) is 19.6 Å². The predicted octanol–water partition coefficient (Wildman–Crippen LogP) is 2.98. The van der Waals surface area contributed by atoms with E-state index in [9.17, 15) is 9.59 Å². The molecule has 3 amide bonds. The Kier molecular flexibility index (Phi) is 6.33. The molecule has 0 saturated carbocycles. The summed E-state index contributed by atoms with van der Waals surface area (Å²) in [4.78, 5) is 23.7. The fourth-order valence-corrected chi connectivity index (χ4v) is 2.01. The highest BCUT2D eigenvalue weighted by atomic mass is 16.5. The molecule has 0 radical (unpaired) electrons. The Bertz CT molecular complexity index is 689. The summed E-state index contributed by atoms with van der Waals surface area (Å²) in [5.41, 5.74) is 2.24. The van der Waals surface area contributed by atoms with Gasteiger partial charge in [-0.25, -0.2) is 4.79 Å². The molecule has 0 fully saturated rings. The first-order valence-electron chi connectivity index (χ1n) is 7.61. The molecule has 2 aromatic rings. The van der Waals surface area contributed by atoms with Gasteiger partial charge in [-0.1, -0.05) is 30.3 Å². The topological polar surface area (TPSA) is 79.5 Å². The summed E-state index contributed by atoms with van der Waals surface area (Å²) in [5.74, 6) is -0.183. The lowest BCUT2D eigenvalue weighted by molar-refractivity contribution is -0.130. The zero-order valence-electron chi connectivity index (χ0n) is 13.7. The minimum atomic E-state index is -0.497. The third kappa shape index (κ3) is 5.40. The summed E-state index contributed by atoms with van der Waals surface area (Å²) in [7, 11) is 1.49. The number of hydrogen-bond donors (Lipinski definition) is 3. The van der Waals surface area contributed by atoms with Gasteiger partial charge in [-0.15, -0.1) is 0 Å². The number of hydrogen-bond acceptors (Lipinski definition) is 3. The Balaban J connectivity index is 1.90. The van der Waals surface area contributed by atoms with Crippen molar-refractivity contribution in [2.75, 3.05) is 17.7 Å². The summed E-state index contributed by atoms with van der Waals surface area (Å²) >= 11 is 0. The van der Waals surface area contributed by atoms with E-state index in [1.165, 1.54) is 7.11 Å². The largest absolute Gasteiger partial charge is 0.372 e. The average Bonchev–Trinajstić information content (AvgIpc) is 2.60. The number of methoxy groups -OCH3 is 1. The van der Waals surface area contributed by atoms with E-state index in [0.717, 1.165) is 5.56 Å². The van der Waals surface area contributed by atoms with Gasteiger partial charge in [0.15, 0.2) is 0 Å². The van der Waals surface area contributed by atoms with Gasteiger partial charge < -0.3 is 20.7 Å². The van der Waals surface area contributed by atoms with Crippen LogP contribution in [0.4, 0.5) is 16.2 Å². The van der Waals surface area contributed by atoms with Gasteiger partial charge in [0.05, 0.1) is 0 Å². The zero-order chi connectivity index (χ0) is 17.4. The first-order chi connectivity index (χ1) is 11.6. The minimum absolute atomic E-state index is 0.183. The van der Waals surface area contributed by atoms with Crippen molar-refractivity contribution in [3.63, 3.8) is 0 Å². The van der Waals surface area contributed by atoms with E-state index in [0.29, 0.717) is 17.9 Å². The van der Waals surface area contributed by atoms with Crippen LogP contribution in [0.5, 0.6) is 0 Å². The molecule has 24 heavy (non-hydrogen) atoms.